The van der Waals surface area contributed by atoms with Crippen LogP contribution in [0.2, 0.25) is 0 Å². The van der Waals surface area contributed by atoms with E-state index < -0.39 is 0 Å². The van der Waals surface area contributed by atoms with Crippen molar-refractivity contribution >= 4 is 27.6 Å². The number of hydrogen-bond donors (Lipinski definition) is 1. The van der Waals surface area contributed by atoms with Crippen molar-refractivity contribution in [1.29, 1.82) is 0 Å². The first-order chi connectivity index (χ1) is 17.0. The minimum Gasteiger partial charge on any atom is -0.367 e. The molecule has 4 heteroatoms. The third kappa shape index (κ3) is 3.92. The Morgan fingerprint density at radius 1 is 0.914 bits per heavy atom. The number of nitrogens with zero attached hydrogens (tertiary/aromatic N) is 3. The number of para-hydroxylation sites is 1. The summed E-state index contributed by atoms with van der Waals surface area (Å²) in [5, 5.41) is 6.52. The summed E-state index contributed by atoms with van der Waals surface area (Å²) in [6.45, 7) is 11.0. The fourth-order valence-electron chi connectivity index (χ4n) is 6.83. The molecule has 1 saturated heterocycles. The molecular weight excluding hydrogens is 428 g/mol. The first-order valence-electron chi connectivity index (χ1n) is 13.5. The molecular formula is C31H38N4. The standard InChI is InChI=1S/C31H38N4/c1-20-16-21(2)30(22(3)17-20)35-27-14-8-7-13-26(27)29-28(18-23(4)33-31(29)35)34-15-9-12-25(34)19-32-24-10-5-6-11-24/h7-8,13-14,16-18,24-25,32H,5-6,9-12,15,19H2,1-4H3/t25-/m1/s1. The summed E-state index contributed by atoms with van der Waals surface area (Å²) in [5.74, 6) is 0. The summed E-state index contributed by atoms with van der Waals surface area (Å²) >= 11 is 0. The summed E-state index contributed by atoms with van der Waals surface area (Å²) in [6.07, 6.45) is 7.97. The van der Waals surface area contributed by atoms with Crippen LogP contribution in [0.25, 0.3) is 27.6 Å². The van der Waals surface area contributed by atoms with Crippen LogP contribution < -0.4 is 10.2 Å². The van der Waals surface area contributed by atoms with Crippen LogP contribution in [0, 0.1) is 27.7 Å². The van der Waals surface area contributed by atoms with Crippen molar-refractivity contribution in [1.82, 2.24) is 14.9 Å². The van der Waals surface area contributed by atoms with Gasteiger partial charge in [-0.1, -0.05) is 48.7 Å². The van der Waals surface area contributed by atoms with Crippen LogP contribution >= 0.6 is 0 Å². The Hall–Kier alpha value is -2.85. The number of nitrogens with one attached hydrogen (secondary N) is 1. The van der Waals surface area contributed by atoms with Crippen molar-refractivity contribution in [2.45, 2.75) is 78.3 Å². The van der Waals surface area contributed by atoms with Crippen molar-refractivity contribution in [3.63, 3.8) is 0 Å². The fourth-order valence-corrected chi connectivity index (χ4v) is 6.83. The van der Waals surface area contributed by atoms with Crippen LogP contribution in [-0.4, -0.2) is 34.7 Å². The van der Waals surface area contributed by atoms with Crippen LogP contribution in [0.1, 0.15) is 60.9 Å². The van der Waals surface area contributed by atoms with Gasteiger partial charge in [-0.15, -0.1) is 0 Å². The number of benzene rings is 2. The van der Waals surface area contributed by atoms with Crippen LogP contribution in [-0.2, 0) is 0 Å². The number of aryl methyl sites for hydroxylation is 4. The first kappa shape index (κ1) is 22.6. The Balaban J connectivity index is 1.53. The molecule has 0 bridgehead atoms. The van der Waals surface area contributed by atoms with Crippen molar-refractivity contribution in [3.05, 3.63) is 64.8 Å². The highest BCUT2D eigenvalue weighted by Gasteiger charge is 2.29. The van der Waals surface area contributed by atoms with Crippen molar-refractivity contribution in [2.24, 2.45) is 0 Å². The lowest BCUT2D eigenvalue weighted by atomic mass is 10.0. The third-order valence-electron chi connectivity index (χ3n) is 8.28. The molecule has 2 aromatic heterocycles. The van der Waals surface area contributed by atoms with E-state index in [-0.39, 0.29) is 0 Å². The molecule has 2 fully saturated rings. The van der Waals surface area contributed by atoms with Gasteiger partial charge in [0.15, 0.2) is 0 Å². The first-order valence-corrected chi connectivity index (χ1v) is 13.5. The Labute approximate surface area is 209 Å². The zero-order valence-corrected chi connectivity index (χ0v) is 21.7. The van der Waals surface area contributed by atoms with Gasteiger partial charge in [0.2, 0.25) is 0 Å². The van der Waals surface area contributed by atoms with Gasteiger partial charge in [0.25, 0.3) is 0 Å². The number of aromatic nitrogens is 2. The number of rotatable bonds is 5. The van der Waals surface area contributed by atoms with Crippen LogP contribution in [0.15, 0.2) is 42.5 Å². The lowest BCUT2D eigenvalue weighted by Crippen LogP contribution is -2.41. The highest BCUT2D eigenvalue weighted by Crippen LogP contribution is 2.41. The summed E-state index contributed by atoms with van der Waals surface area (Å²) in [6, 6.07) is 17.1. The monoisotopic (exact) mass is 466 g/mol. The molecule has 0 unspecified atom stereocenters. The van der Waals surface area contributed by atoms with Gasteiger partial charge in [0.05, 0.1) is 22.3 Å². The van der Waals surface area contributed by atoms with Gasteiger partial charge < -0.3 is 10.2 Å². The predicted octanol–water partition coefficient (Wildman–Crippen LogP) is 6.91. The SMILES string of the molecule is Cc1cc(C)c(-n2c3ccccc3c3c(N4CCC[C@@H]4CNC4CCCC4)cc(C)nc32)c(C)c1. The summed E-state index contributed by atoms with van der Waals surface area (Å²) in [4.78, 5) is 7.87. The molecule has 3 heterocycles. The minimum absolute atomic E-state index is 0.547. The highest BCUT2D eigenvalue weighted by atomic mass is 15.2. The Bertz CT molecular complexity index is 1370. The Morgan fingerprint density at radius 3 is 2.43 bits per heavy atom. The zero-order valence-electron chi connectivity index (χ0n) is 21.7. The summed E-state index contributed by atoms with van der Waals surface area (Å²) in [7, 11) is 0. The second kappa shape index (κ2) is 8.98. The lowest BCUT2D eigenvalue weighted by molar-refractivity contribution is 0.484. The second-order valence-electron chi connectivity index (χ2n) is 11.0. The molecule has 2 aromatic carbocycles. The third-order valence-corrected chi connectivity index (χ3v) is 8.28. The van der Waals surface area contributed by atoms with E-state index >= 15 is 0 Å². The van der Waals surface area contributed by atoms with Gasteiger partial charge in [0.1, 0.15) is 5.65 Å². The average molecular weight is 467 g/mol. The van der Waals surface area contributed by atoms with Crippen LogP contribution in [0.5, 0.6) is 0 Å². The van der Waals surface area contributed by atoms with Crippen LogP contribution in [0.4, 0.5) is 5.69 Å². The molecule has 1 N–H and O–H groups in total. The maximum atomic E-state index is 5.18. The average Bonchev–Trinajstić information content (AvgIpc) is 3.56. The molecule has 4 nitrogen and oxygen atoms in total. The number of pyridine rings is 1. The maximum absolute atomic E-state index is 5.18. The van der Waals surface area contributed by atoms with E-state index in [1.165, 1.54) is 82.9 Å². The van der Waals surface area contributed by atoms with E-state index in [0.29, 0.717) is 12.1 Å². The zero-order chi connectivity index (χ0) is 24.1. The number of anilines is 1. The topological polar surface area (TPSA) is 33.1 Å². The Kier molecular flexibility index (Phi) is 5.80. The molecule has 182 valence electrons. The molecule has 2 aliphatic rings. The smallest absolute Gasteiger partial charge is 0.147 e. The quantitative estimate of drug-likeness (QED) is 0.347. The predicted molar refractivity (Wildman–Crippen MR) is 148 cm³/mol. The van der Waals surface area contributed by atoms with Gasteiger partial charge in [-0.05, 0) is 76.6 Å². The van der Waals surface area contributed by atoms with E-state index in [4.69, 9.17) is 4.98 Å². The molecule has 0 spiro atoms. The van der Waals surface area contributed by atoms with Gasteiger partial charge in [0, 0.05) is 36.3 Å². The van der Waals surface area contributed by atoms with Gasteiger partial charge in [-0.2, -0.15) is 0 Å². The lowest BCUT2D eigenvalue weighted by Gasteiger charge is -2.29. The maximum Gasteiger partial charge on any atom is 0.147 e. The molecule has 0 amide bonds. The van der Waals surface area contributed by atoms with Crippen molar-refractivity contribution < 1.29 is 0 Å². The van der Waals surface area contributed by atoms with Crippen LogP contribution in [0.3, 0.4) is 0 Å². The molecule has 1 aliphatic heterocycles. The fraction of sp³-hybridized carbons (Fsp3) is 0.452. The molecule has 0 radical (unpaired) electrons. The largest absolute Gasteiger partial charge is 0.367 e. The highest BCUT2D eigenvalue weighted by molar-refractivity contribution is 6.14. The van der Waals surface area contributed by atoms with Crippen molar-refractivity contribution in [2.75, 3.05) is 18.0 Å². The van der Waals surface area contributed by atoms with E-state index in [1.54, 1.807) is 0 Å². The number of hydrogen-bond acceptors (Lipinski definition) is 3. The van der Waals surface area contributed by atoms with E-state index in [2.05, 4.69) is 84.9 Å². The molecule has 6 rings (SSSR count). The normalized spacial score (nSPS) is 19.0. The van der Waals surface area contributed by atoms with Gasteiger partial charge >= 0.3 is 0 Å². The Morgan fingerprint density at radius 2 is 1.66 bits per heavy atom. The summed E-state index contributed by atoms with van der Waals surface area (Å²) < 4.78 is 2.42. The molecule has 4 aromatic rings. The number of fused-ring (bicyclic) bond motifs is 3. The van der Waals surface area contributed by atoms with E-state index in [0.717, 1.165) is 24.4 Å². The molecule has 1 saturated carbocycles. The van der Waals surface area contributed by atoms with E-state index in [9.17, 15) is 0 Å². The van der Waals surface area contributed by atoms with E-state index in [1.807, 2.05) is 0 Å². The molecule has 1 atom stereocenters. The second-order valence-corrected chi connectivity index (χ2v) is 11.0. The molecule has 1 aliphatic carbocycles. The molecule has 35 heavy (non-hydrogen) atoms. The van der Waals surface area contributed by atoms with Gasteiger partial charge in [-0.25, -0.2) is 4.98 Å². The van der Waals surface area contributed by atoms with Gasteiger partial charge in [-0.3, -0.25) is 4.57 Å². The summed E-state index contributed by atoms with van der Waals surface area (Å²) in [5.41, 5.74) is 9.97. The minimum atomic E-state index is 0.547. The van der Waals surface area contributed by atoms with Crippen molar-refractivity contribution in [3.8, 4) is 5.69 Å².